The van der Waals surface area contributed by atoms with Gasteiger partial charge in [0.05, 0.1) is 18.1 Å². The molecule has 0 aromatic heterocycles. The Labute approximate surface area is 208 Å². The standard InChI is InChI=1S/C24H31N5O7/c1-15(2)20(22(33)28(26-35)16-9-6-5-7-10-16)25-21(32)17-11-8-14-27(17)23(34)24(3)18(30)12-13-19(31)29(24)36-4/h5-7,9-10,15,17,20H,8,11-14H2,1-4H3,(H,25,32)/t17-,20-,24+/m0/s1. The van der Waals surface area contributed by atoms with Crippen LogP contribution in [0.4, 0.5) is 5.69 Å². The number of rotatable bonds is 8. The molecule has 2 aliphatic rings. The zero-order chi connectivity index (χ0) is 26.6. The highest BCUT2D eigenvalue weighted by atomic mass is 16.7. The van der Waals surface area contributed by atoms with Gasteiger partial charge in [0.15, 0.2) is 5.78 Å². The van der Waals surface area contributed by atoms with E-state index in [9.17, 15) is 28.9 Å². The van der Waals surface area contributed by atoms with Gasteiger partial charge in [0, 0.05) is 19.4 Å². The quantitative estimate of drug-likeness (QED) is 0.321. The third-order valence-electron chi connectivity index (χ3n) is 6.68. The molecule has 12 heteroatoms. The maximum atomic E-state index is 13.6. The summed E-state index contributed by atoms with van der Waals surface area (Å²) in [5.41, 5.74) is -1.64. The van der Waals surface area contributed by atoms with Gasteiger partial charge < -0.3 is 10.2 Å². The van der Waals surface area contributed by atoms with E-state index in [4.69, 9.17) is 4.84 Å². The lowest BCUT2D eigenvalue weighted by Crippen LogP contribution is -2.67. The Kier molecular flexibility index (Phi) is 8.18. The van der Waals surface area contributed by atoms with Gasteiger partial charge in [-0.25, -0.2) is 0 Å². The van der Waals surface area contributed by atoms with Gasteiger partial charge >= 0.3 is 0 Å². The first-order valence-electron chi connectivity index (χ1n) is 11.8. The molecule has 2 aliphatic heterocycles. The van der Waals surface area contributed by atoms with Crippen molar-refractivity contribution in [2.75, 3.05) is 18.7 Å². The molecule has 0 unspecified atom stereocenters. The van der Waals surface area contributed by atoms with Crippen molar-refractivity contribution in [1.29, 1.82) is 0 Å². The molecule has 0 saturated carbocycles. The van der Waals surface area contributed by atoms with E-state index in [0.717, 1.165) is 5.06 Å². The van der Waals surface area contributed by atoms with Crippen molar-refractivity contribution in [2.24, 2.45) is 11.2 Å². The smallest absolute Gasteiger partial charge is 0.272 e. The summed E-state index contributed by atoms with van der Waals surface area (Å²) >= 11 is 0. The molecule has 2 heterocycles. The molecule has 0 bridgehead atoms. The first-order chi connectivity index (χ1) is 17.1. The van der Waals surface area contributed by atoms with Gasteiger partial charge in [-0.05, 0) is 37.8 Å². The van der Waals surface area contributed by atoms with Gasteiger partial charge in [-0.15, -0.1) is 4.91 Å². The highest BCUT2D eigenvalue weighted by molar-refractivity contribution is 6.15. The van der Waals surface area contributed by atoms with Crippen molar-refractivity contribution in [3.8, 4) is 0 Å². The van der Waals surface area contributed by atoms with E-state index in [-0.39, 0.29) is 25.1 Å². The van der Waals surface area contributed by atoms with Crippen LogP contribution >= 0.6 is 0 Å². The summed E-state index contributed by atoms with van der Waals surface area (Å²) in [5.74, 6) is -3.42. The number of Topliss-reactive ketones (excluding diaryl/α,β-unsaturated/α-hetero) is 1. The number of piperidine rings is 1. The number of hydroxylamine groups is 2. The van der Waals surface area contributed by atoms with Crippen LogP contribution in [-0.4, -0.2) is 70.7 Å². The minimum Gasteiger partial charge on any atom is -0.342 e. The number of nitrogens with one attached hydrogen (secondary N) is 1. The van der Waals surface area contributed by atoms with Gasteiger partial charge in [-0.2, -0.15) is 10.1 Å². The third-order valence-corrected chi connectivity index (χ3v) is 6.68. The molecule has 3 atom stereocenters. The van der Waals surface area contributed by atoms with E-state index in [0.29, 0.717) is 17.9 Å². The fraction of sp³-hybridized carbons (Fsp3) is 0.542. The Bertz CT molecular complexity index is 1050. The zero-order valence-electron chi connectivity index (χ0n) is 20.8. The molecule has 0 radical (unpaired) electrons. The second kappa shape index (κ2) is 10.9. The van der Waals surface area contributed by atoms with Crippen molar-refractivity contribution in [2.45, 2.75) is 64.1 Å². The number of amides is 4. The lowest BCUT2D eigenvalue weighted by atomic mass is 9.86. The van der Waals surface area contributed by atoms with Crippen LogP contribution < -0.4 is 10.3 Å². The molecular formula is C24H31N5O7. The van der Waals surface area contributed by atoms with Crippen LogP contribution in [0.3, 0.4) is 0 Å². The molecule has 3 rings (SSSR count). The van der Waals surface area contributed by atoms with Crippen LogP contribution in [0.5, 0.6) is 0 Å². The molecule has 1 aromatic carbocycles. The number of likely N-dealkylation sites (tertiary alicyclic amines) is 1. The molecule has 36 heavy (non-hydrogen) atoms. The van der Waals surface area contributed by atoms with E-state index >= 15 is 0 Å². The summed E-state index contributed by atoms with van der Waals surface area (Å²) in [6.07, 6.45) is 0.612. The molecular weight excluding hydrogens is 470 g/mol. The van der Waals surface area contributed by atoms with E-state index in [1.807, 2.05) is 0 Å². The predicted octanol–water partition coefficient (Wildman–Crippen LogP) is 1.34. The monoisotopic (exact) mass is 501 g/mol. The average Bonchev–Trinajstić information content (AvgIpc) is 3.35. The van der Waals surface area contributed by atoms with Crippen molar-refractivity contribution in [1.82, 2.24) is 15.3 Å². The topological polar surface area (TPSA) is 146 Å². The highest BCUT2D eigenvalue weighted by Crippen LogP contribution is 2.31. The number of nitrogens with zero attached hydrogens (tertiary/aromatic N) is 4. The van der Waals surface area contributed by atoms with E-state index < -0.39 is 53.0 Å². The molecule has 2 saturated heterocycles. The number of nitroso groups, excluding NO2 is 1. The molecule has 1 N–H and O–H groups in total. The summed E-state index contributed by atoms with van der Waals surface area (Å²) in [5, 5.41) is 6.98. The van der Waals surface area contributed by atoms with Crippen molar-refractivity contribution < 1.29 is 28.8 Å². The summed E-state index contributed by atoms with van der Waals surface area (Å²) in [7, 11) is 1.20. The second-order valence-electron chi connectivity index (χ2n) is 9.32. The maximum Gasteiger partial charge on any atom is 0.272 e. The van der Waals surface area contributed by atoms with Crippen molar-refractivity contribution in [3.05, 3.63) is 35.2 Å². The summed E-state index contributed by atoms with van der Waals surface area (Å²) < 4.78 is 0. The zero-order valence-corrected chi connectivity index (χ0v) is 20.8. The Morgan fingerprint density at radius 2 is 1.83 bits per heavy atom. The lowest BCUT2D eigenvalue weighted by Gasteiger charge is -2.42. The van der Waals surface area contributed by atoms with Crippen LogP contribution in [0.2, 0.25) is 0 Å². The minimum absolute atomic E-state index is 0.0691. The summed E-state index contributed by atoms with van der Waals surface area (Å²) in [6, 6.07) is 6.03. The SMILES string of the molecule is CON1C(=O)CCC(=O)[C@]1(C)C(=O)N1CCC[C@H]1C(=O)N[C@H](C(=O)N(N=O)c1ccccc1)C(C)C. The molecule has 4 amide bonds. The van der Waals surface area contributed by atoms with Gasteiger partial charge in [0.25, 0.3) is 11.8 Å². The largest absolute Gasteiger partial charge is 0.342 e. The van der Waals surface area contributed by atoms with Gasteiger partial charge in [0.1, 0.15) is 12.1 Å². The van der Waals surface area contributed by atoms with Crippen molar-refractivity contribution >= 4 is 35.1 Å². The molecule has 0 aliphatic carbocycles. The van der Waals surface area contributed by atoms with E-state index in [1.54, 1.807) is 44.2 Å². The number of carbonyl (C=O) groups is 5. The summed E-state index contributed by atoms with van der Waals surface area (Å²) in [6.45, 7) is 4.92. The summed E-state index contributed by atoms with van der Waals surface area (Å²) in [4.78, 5) is 83.1. The minimum atomic E-state index is -1.90. The van der Waals surface area contributed by atoms with Crippen LogP contribution in [0, 0.1) is 10.8 Å². The first-order valence-corrected chi connectivity index (χ1v) is 11.8. The number of hydrogen-bond acceptors (Lipinski definition) is 8. The van der Waals surface area contributed by atoms with Crippen LogP contribution in [0.15, 0.2) is 35.6 Å². The Hall–Kier alpha value is -3.67. The van der Waals surface area contributed by atoms with Gasteiger partial charge in [0.2, 0.25) is 17.4 Å². The number of carbonyl (C=O) groups excluding carboxylic acids is 5. The Morgan fingerprint density at radius 3 is 2.42 bits per heavy atom. The first kappa shape index (κ1) is 26.9. The van der Waals surface area contributed by atoms with E-state index in [1.165, 1.54) is 18.9 Å². The molecule has 12 nitrogen and oxygen atoms in total. The van der Waals surface area contributed by atoms with Crippen molar-refractivity contribution in [3.63, 3.8) is 0 Å². The highest BCUT2D eigenvalue weighted by Gasteiger charge is 2.55. The normalized spacial score (nSPS) is 23.0. The lowest BCUT2D eigenvalue weighted by molar-refractivity contribution is -0.217. The van der Waals surface area contributed by atoms with Gasteiger partial charge in [-0.3, -0.25) is 28.8 Å². The van der Waals surface area contributed by atoms with E-state index in [2.05, 4.69) is 10.6 Å². The number of benzene rings is 1. The Balaban J connectivity index is 1.82. The maximum absolute atomic E-state index is 13.6. The molecule has 0 spiro atoms. The fourth-order valence-electron chi connectivity index (χ4n) is 4.66. The molecule has 194 valence electrons. The third kappa shape index (κ3) is 4.85. The average molecular weight is 502 g/mol. The number of ketones is 1. The molecule has 1 aromatic rings. The van der Waals surface area contributed by atoms with Crippen LogP contribution in [0.25, 0.3) is 0 Å². The number of para-hydroxylation sites is 1. The second-order valence-corrected chi connectivity index (χ2v) is 9.32. The number of hydrogen-bond donors (Lipinski definition) is 1. The fourth-order valence-corrected chi connectivity index (χ4v) is 4.66. The number of anilines is 1. The Morgan fingerprint density at radius 1 is 1.17 bits per heavy atom. The molecule has 2 fully saturated rings. The van der Waals surface area contributed by atoms with Gasteiger partial charge in [-0.1, -0.05) is 32.0 Å². The van der Waals surface area contributed by atoms with Crippen LogP contribution in [-0.2, 0) is 28.8 Å². The predicted molar refractivity (Wildman–Crippen MR) is 128 cm³/mol. The van der Waals surface area contributed by atoms with Crippen LogP contribution in [0.1, 0.15) is 46.5 Å².